The Balaban J connectivity index is 1.47. The third kappa shape index (κ3) is 4.77. The number of hydrogen-bond acceptors (Lipinski definition) is 4. The van der Waals surface area contributed by atoms with Crippen molar-refractivity contribution in [3.05, 3.63) is 59.7 Å². The average Bonchev–Trinajstić information content (AvgIpc) is 3.39. The maximum absolute atomic E-state index is 13.5. The lowest BCUT2D eigenvalue weighted by Gasteiger charge is -2.36. The maximum Gasteiger partial charge on any atom is 0.407 e. The summed E-state index contributed by atoms with van der Waals surface area (Å²) in [6.45, 7) is 8.05. The first kappa shape index (κ1) is 24.8. The van der Waals surface area contributed by atoms with Crippen LogP contribution in [-0.2, 0) is 14.3 Å². The first-order chi connectivity index (χ1) is 16.6. The molecule has 35 heavy (non-hydrogen) atoms. The molecule has 2 amide bonds. The second-order valence-electron chi connectivity index (χ2n) is 10.5. The van der Waals surface area contributed by atoms with Crippen molar-refractivity contribution in [2.24, 2.45) is 11.3 Å². The van der Waals surface area contributed by atoms with Gasteiger partial charge in [0.1, 0.15) is 12.6 Å². The molecule has 3 atom stereocenters. The van der Waals surface area contributed by atoms with Gasteiger partial charge in [-0.25, -0.2) is 4.79 Å². The summed E-state index contributed by atoms with van der Waals surface area (Å²) >= 11 is 0. The molecule has 0 radical (unpaired) electrons. The van der Waals surface area contributed by atoms with Gasteiger partial charge in [-0.3, -0.25) is 9.59 Å². The number of benzene rings is 2. The third-order valence-electron chi connectivity index (χ3n) is 7.28. The molecule has 2 aliphatic rings. The summed E-state index contributed by atoms with van der Waals surface area (Å²) in [4.78, 5) is 39.7. The lowest BCUT2D eigenvalue weighted by atomic mass is 9.85. The van der Waals surface area contributed by atoms with Gasteiger partial charge in [0.05, 0.1) is 5.92 Å². The summed E-state index contributed by atoms with van der Waals surface area (Å²) in [7, 11) is 0. The van der Waals surface area contributed by atoms with Gasteiger partial charge in [0.15, 0.2) is 0 Å². The molecule has 0 bridgehead atoms. The standard InChI is InChI=1S/C28H34N2O5/c1-5-23-21(26(32)33)14-15-30(23)25(31)24(28(2,3)4)29-27(34)35-16-22-19-12-8-6-10-17(19)18-11-7-9-13-20(18)22/h6-13,21-24H,5,14-16H2,1-4H3,(H,29,34)(H,32,33)/t21?,23?,24-/m0/s1. The van der Waals surface area contributed by atoms with Gasteiger partial charge in [0.2, 0.25) is 5.91 Å². The van der Waals surface area contributed by atoms with Crippen LogP contribution in [-0.4, -0.2) is 53.2 Å². The highest BCUT2D eigenvalue weighted by atomic mass is 16.5. The Bertz CT molecular complexity index is 1080. The minimum absolute atomic E-state index is 0.0729. The highest BCUT2D eigenvalue weighted by molar-refractivity contribution is 5.88. The molecule has 2 aromatic rings. The van der Waals surface area contributed by atoms with Crippen molar-refractivity contribution >= 4 is 18.0 Å². The molecule has 1 aliphatic carbocycles. The van der Waals surface area contributed by atoms with E-state index in [1.54, 1.807) is 4.90 Å². The number of nitrogens with zero attached hydrogens (tertiary/aromatic N) is 1. The van der Waals surface area contributed by atoms with Crippen molar-refractivity contribution < 1.29 is 24.2 Å². The van der Waals surface area contributed by atoms with Crippen LogP contribution in [0.2, 0.25) is 0 Å². The molecule has 1 aliphatic heterocycles. The summed E-state index contributed by atoms with van der Waals surface area (Å²) in [5, 5.41) is 12.3. The second kappa shape index (κ2) is 9.72. The van der Waals surface area contributed by atoms with Crippen LogP contribution in [0, 0.1) is 11.3 Å². The minimum Gasteiger partial charge on any atom is -0.481 e. The Morgan fingerprint density at radius 3 is 2.14 bits per heavy atom. The number of aliphatic carboxylic acids is 1. The van der Waals surface area contributed by atoms with Gasteiger partial charge in [-0.15, -0.1) is 0 Å². The maximum atomic E-state index is 13.5. The molecule has 2 N–H and O–H groups in total. The molecular formula is C28H34N2O5. The number of ether oxygens (including phenoxy) is 1. The predicted molar refractivity (Wildman–Crippen MR) is 133 cm³/mol. The van der Waals surface area contributed by atoms with E-state index in [9.17, 15) is 19.5 Å². The summed E-state index contributed by atoms with van der Waals surface area (Å²) in [6.07, 6.45) is 0.313. The molecule has 7 nitrogen and oxygen atoms in total. The van der Waals surface area contributed by atoms with Crippen molar-refractivity contribution in [2.75, 3.05) is 13.2 Å². The van der Waals surface area contributed by atoms with Crippen molar-refractivity contribution in [3.8, 4) is 11.1 Å². The summed E-state index contributed by atoms with van der Waals surface area (Å²) < 4.78 is 5.68. The van der Waals surface area contributed by atoms with Gasteiger partial charge in [-0.05, 0) is 40.5 Å². The van der Waals surface area contributed by atoms with Crippen LogP contribution in [0.5, 0.6) is 0 Å². The first-order valence-electron chi connectivity index (χ1n) is 12.3. The first-order valence-corrected chi connectivity index (χ1v) is 12.3. The number of amides is 2. The van der Waals surface area contributed by atoms with E-state index >= 15 is 0 Å². The van der Waals surface area contributed by atoms with E-state index in [2.05, 4.69) is 29.6 Å². The smallest absolute Gasteiger partial charge is 0.407 e. The van der Waals surface area contributed by atoms with Gasteiger partial charge in [-0.2, -0.15) is 0 Å². The van der Waals surface area contributed by atoms with E-state index in [-0.39, 0.29) is 24.5 Å². The van der Waals surface area contributed by atoms with Gasteiger partial charge in [-0.1, -0.05) is 76.2 Å². The molecule has 7 heteroatoms. The Kier molecular flexibility index (Phi) is 6.88. The molecule has 0 spiro atoms. The topological polar surface area (TPSA) is 95.9 Å². The lowest BCUT2D eigenvalue weighted by molar-refractivity contribution is -0.144. The van der Waals surface area contributed by atoms with E-state index in [4.69, 9.17) is 4.74 Å². The summed E-state index contributed by atoms with van der Waals surface area (Å²) in [5.74, 6) is -1.80. The van der Waals surface area contributed by atoms with Crippen LogP contribution < -0.4 is 5.32 Å². The molecule has 1 saturated heterocycles. The van der Waals surface area contributed by atoms with Crippen LogP contribution >= 0.6 is 0 Å². The highest BCUT2D eigenvalue weighted by Gasteiger charge is 2.45. The van der Waals surface area contributed by atoms with E-state index in [0.29, 0.717) is 19.4 Å². The SMILES string of the molecule is CCC1C(C(=O)O)CCN1C(=O)[C@H](NC(=O)OCC1c2ccccc2-c2ccccc21)C(C)(C)C. The van der Waals surface area contributed by atoms with E-state index < -0.39 is 29.4 Å². The minimum atomic E-state index is -0.885. The van der Waals surface area contributed by atoms with Crippen molar-refractivity contribution in [1.29, 1.82) is 0 Å². The fourth-order valence-corrected chi connectivity index (χ4v) is 5.49. The number of carboxylic acid groups (broad SMARTS) is 1. The van der Waals surface area contributed by atoms with Crippen molar-refractivity contribution in [2.45, 2.75) is 58.5 Å². The van der Waals surface area contributed by atoms with E-state index in [1.807, 2.05) is 52.0 Å². The Morgan fingerprint density at radius 1 is 1.06 bits per heavy atom. The van der Waals surface area contributed by atoms with Gasteiger partial charge in [0.25, 0.3) is 0 Å². The van der Waals surface area contributed by atoms with Crippen LogP contribution in [0.3, 0.4) is 0 Å². The van der Waals surface area contributed by atoms with Crippen LogP contribution in [0.25, 0.3) is 11.1 Å². The number of hydrogen-bond donors (Lipinski definition) is 2. The number of alkyl carbamates (subject to hydrolysis) is 1. The molecule has 1 heterocycles. The molecule has 0 aromatic heterocycles. The number of carbonyl (C=O) groups excluding carboxylic acids is 2. The normalized spacial score (nSPS) is 20.2. The number of nitrogens with one attached hydrogen (secondary N) is 1. The number of rotatable bonds is 6. The van der Waals surface area contributed by atoms with Gasteiger partial charge in [0, 0.05) is 18.5 Å². The van der Waals surface area contributed by atoms with Gasteiger partial charge >= 0.3 is 12.1 Å². The van der Waals surface area contributed by atoms with Crippen LogP contribution in [0.1, 0.15) is 57.6 Å². The second-order valence-corrected chi connectivity index (χ2v) is 10.5. The zero-order valence-corrected chi connectivity index (χ0v) is 20.8. The zero-order valence-electron chi connectivity index (χ0n) is 20.8. The number of likely N-dealkylation sites (tertiary alicyclic amines) is 1. The molecule has 186 valence electrons. The molecule has 4 rings (SSSR count). The molecular weight excluding hydrogens is 444 g/mol. The fraction of sp³-hybridized carbons (Fsp3) is 0.464. The zero-order chi connectivity index (χ0) is 25.3. The van der Waals surface area contributed by atoms with E-state index in [0.717, 1.165) is 22.3 Å². The van der Waals surface area contributed by atoms with Crippen LogP contribution in [0.15, 0.2) is 48.5 Å². The Morgan fingerprint density at radius 2 is 1.63 bits per heavy atom. The predicted octanol–water partition coefficient (Wildman–Crippen LogP) is 4.65. The fourth-order valence-electron chi connectivity index (χ4n) is 5.49. The van der Waals surface area contributed by atoms with E-state index in [1.165, 1.54) is 0 Å². The van der Waals surface area contributed by atoms with Crippen molar-refractivity contribution in [1.82, 2.24) is 10.2 Å². The third-order valence-corrected chi connectivity index (χ3v) is 7.28. The molecule has 1 fully saturated rings. The number of carboxylic acids is 1. The monoisotopic (exact) mass is 478 g/mol. The van der Waals surface area contributed by atoms with Gasteiger partial charge < -0.3 is 20.1 Å². The summed E-state index contributed by atoms with van der Waals surface area (Å²) in [6, 6.07) is 15.0. The van der Waals surface area contributed by atoms with Crippen LogP contribution in [0.4, 0.5) is 4.79 Å². The largest absolute Gasteiger partial charge is 0.481 e. The Labute approximate surface area is 206 Å². The molecule has 0 saturated carbocycles. The number of carbonyl (C=O) groups is 3. The quantitative estimate of drug-likeness (QED) is 0.630. The Hall–Kier alpha value is -3.35. The molecule has 2 aromatic carbocycles. The average molecular weight is 479 g/mol. The summed E-state index contributed by atoms with van der Waals surface area (Å²) in [5.41, 5.74) is 3.95. The molecule has 2 unspecified atom stereocenters. The highest BCUT2D eigenvalue weighted by Crippen LogP contribution is 2.44. The van der Waals surface area contributed by atoms with Crippen molar-refractivity contribution in [3.63, 3.8) is 0 Å². The lowest BCUT2D eigenvalue weighted by Crippen LogP contribution is -2.56. The number of fused-ring (bicyclic) bond motifs is 3.